The van der Waals surface area contributed by atoms with Crippen LogP contribution in [-0.4, -0.2) is 20.2 Å². The van der Waals surface area contributed by atoms with Crippen molar-refractivity contribution in [3.8, 4) is 0 Å². The average molecular weight is 409 g/mol. The zero-order valence-corrected chi connectivity index (χ0v) is 17.3. The minimum absolute atomic E-state index is 0.180. The number of alkyl halides is 1. The molecular weight excluding hydrogens is 384 g/mol. The van der Waals surface area contributed by atoms with Crippen molar-refractivity contribution in [1.29, 1.82) is 0 Å². The highest BCUT2D eigenvalue weighted by atomic mass is 35.5. The molecule has 0 aromatic heterocycles. The van der Waals surface area contributed by atoms with E-state index in [0.29, 0.717) is 11.4 Å². The fraction of sp³-hybridized carbons (Fsp3) is 0.350. The number of nitrogens with one attached hydrogen (secondary N) is 2. The molecule has 27 heavy (non-hydrogen) atoms. The van der Waals surface area contributed by atoms with Crippen molar-refractivity contribution in [3.63, 3.8) is 0 Å². The van der Waals surface area contributed by atoms with Crippen LogP contribution in [0.25, 0.3) is 0 Å². The Morgan fingerprint density at radius 1 is 1.07 bits per heavy atom. The van der Waals surface area contributed by atoms with Crippen LogP contribution in [0.5, 0.6) is 0 Å². The van der Waals surface area contributed by atoms with E-state index < -0.39 is 15.4 Å². The second-order valence-corrected chi connectivity index (χ2v) is 9.00. The van der Waals surface area contributed by atoms with Crippen molar-refractivity contribution in [2.24, 2.45) is 5.41 Å². The molecule has 2 aromatic carbocycles. The third kappa shape index (κ3) is 5.71. The van der Waals surface area contributed by atoms with Crippen molar-refractivity contribution in [3.05, 3.63) is 54.1 Å². The van der Waals surface area contributed by atoms with Gasteiger partial charge < -0.3 is 5.32 Å². The summed E-state index contributed by atoms with van der Waals surface area (Å²) in [6, 6.07) is 13.4. The van der Waals surface area contributed by atoms with E-state index in [2.05, 4.69) is 17.0 Å². The molecule has 0 saturated carbocycles. The Bertz CT molecular complexity index is 894. The van der Waals surface area contributed by atoms with Crippen LogP contribution >= 0.6 is 11.6 Å². The Kier molecular flexibility index (Phi) is 6.89. The first kappa shape index (κ1) is 21.3. The van der Waals surface area contributed by atoms with E-state index >= 15 is 0 Å². The quantitative estimate of drug-likeness (QED) is 0.624. The molecule has 0 heterocycles. The standard InChI is InChI=1S/C20H25ClN2O3S/c1-4-6-15-9-11-18(12-10-15)27(25,26)23-17-8-5-7-16(13-17)22-19(24)20(2,3)14-21/h5,7-13,23H,4,6,14H2,1-3H3,(H,22,24). The van der Waals surface area contributed by atoms with Gasteiger partial charge in [0.1, 0.15) is 0 Å². The highest BCUT2D eigenvalue weighted by molar-refractivity contribution is 7.92. The predicted octanol–water partition coefficient (Wildman–Crippen LogP) is 4.64. The van der Waals surface area contributed by atoms with Gasteiger partial charge in [-0.2, -0.15) is 0 Å². The number of carbonyl (C=O) groups is 1. The number of hydrogen-bond acceptors (Lipinski definition) is 3. The maximum atomic E-state index is 12.6. The molecule has 2 aromatic rings. The van der Waals surface area contributed by atoms with Crippen LogP contribution in [0.1, 0.15) is 32.8 Å². The van der Waals surface area contributed by atoms with Crippen molar-refractivity contribution >= 4 is 38.9 Å². The van der Waals surface area contributed by atoms with E-state index in [1.54, 1.807) is 50.2 Å². The molecule has 2 rings (SSSR count). The maximum absolute atomic E-state index is 12.6. The zero-order valence-electron chi connectivity index (χ0n) is 15.8. The van der Waals surface area contributed by atoms with E-state index in [9.17, 15) is 13.2 Å². The van der Waals surface area contributed by atoms with Crippen LogP contribution in [0.2, 0.25) is 0 Å². The monoisotopic (exact) mass is 408 g/mol. The van der Waals surface area contributed by atoms with Gasteiger partial charge in [-0.05, 0) is 56.2 Å². The number of hydrogen-bond donors (Lipinski definition) is 2. The molecule has 0 bridgehead atoms. The van der Waals surface area contributed by atoms with Gasteiger partial charge in [0.25, 0.3) is 10.0 Å². The molecule has 0 unspecified atom stereocenters. The molecule has 0 aliphatic carbocycles. The fourth-order valence-electron chi connectivity index (χ4n) is 2.36. The van der Waals surface area contributed by atoms with E-state index in [0.717, 1.165) is 18.4 Å². The SMILES string of the molecule is CCCc1ccc(S(=O)(=O)Nc2cccc(NC(=O)C(C)(C)CCl)c2)cc1. The molecule has 0 atom stereocenters. The van der Waals surface area contributed by atoms with Crippen LogP contribution in [0.3, 0.4) is 0 Å². The average Bonchev–Trinajstić information content (AvgIpc) is 2.62. The van der Waals surface area contributed by atoms with E-state index in [4.69, 9.17) is 11.6 Å². The Labute approximate surface area is 166 Å². The third-order valence-corrected chi connectivity index (χ3v) is 6.16. The first-order valence-corrected chi connectivity index (χ1v) is 10.8. The number of anilines is 2. The lowest BCUT2D eigenvalue weighted by molar-refractivity contribution is -0.122. The molecule has 0 aliphatic rings. The number of rotatable bonds is 8. The Hall–Kier alpha value is -2.05. The molecule has 2 N–H and O–H groups in total. The van der Waals surface area contributed by atoms with Gasteiger partial charge >= 0.3 is 0 Å². The van der Waals surface area contributed by atoms with Gasteiger partial charge in [-0.25, -0.2) is 8.42 Å². The van der Waals surface area contributed by atoms with Crippen molar-refractivity contribution in [2.75, 3.05) is 15.9 Å². The summed E-state index contributed by atoms with van der Waals surface area (Å²) in [7, 11) is -3.71. The molecule has 0 radical (unpaired) electrons. The van der Waals surface area contributed by atoms with Crippen molar-refractivity contribution in [1.82, 2.24) is 0 Å². The summed E-state index contributed by atoms with van der Waals surface area (Å²) in [5.41, 5.74) is 1.24. The van der Waals surface area contributed by atoms with Gasteiger partial charge in [0.15, 0.2) is 0 Å². The summed E-state index contributed by atoms with van der Waals surface area (Å²) < 4.78 is 27.7. The number of benzene rings is 2. The first-order valence-electron chi connectivity index (χ1n) is 8.77. The van der Waals surface area contributed by atoms with Gasteiger partial charge in [-0.15, -0.1) is 11.6 Å². The van der Waals surface area contributed by atoms with Gasteiger partial charge in [0.2, 0.25) is 5.91 Å². The van der Waals surface area contributed by atoms with Crippen molar-refractivity contribution in [2.45, 2.75) is 38.5 Å². The van der Waals surface area contributed by atoms with Gasteiger partial charge in [0, 0.05) is 11.6 Å². The normalized spacial score (nSPS) is 11.9. The number of aryl methyl sites for hydroxylation is 1. The Morgan fingerprint density at radius 3 is 2.30 bits per heavy atom. The molecule has 0 spiro atoms. The zero-order chi connectivity index (χ0) is 20.1. The minimum atomic E-state index is -3.71. The second kappa shape index (κ2) is 8.76. The number of amides is 1. The summed E-state index contributed by atoms with van der Waals surface area (Å²) in [6.07, 6.45) is 1.91. The summed E-state index contributed by atoms with van der Waals surface area (Å²) in [4.78, 5) is 12.4. The lowest BCUT2D eigenvalue weighted by atomic mass is 9.95. The van der Waals surface area contributed by atoms with Crippen LogP contribution in [-0.2, 0) is 21.2 Å². The molecule has 0 aliphatic heterocycles. The minimum Gasteiger partial charge on any atom is -0.326 e. The summed E-state index contributed by atoms with van der Waals surface area (Å²) in [6.45, 7) is 5.56. The van der Waals surface area contributed by atoms with Crippen molar-refractivity contribution < 1.29 is 13.2 Å². The molecule has 0 fully saturated rings. The molecule has 146 valence electrons. The highest BCUT2D eigenvalue weighted by Crippen LogP contribution is 2.23. The first-order chi connectivity index (χ1) is 12.7. The van der Waals surface area contributed by atoms with Gasteiger partial charge in [0.05, 0.1) is 16.0 Å². The Balaban J connectivity index is 2.16. The molecule has 1 amide bonds. The highest BCUT2D eigenvalue weighted by Gasteiger charge is 2.26. The number of sulfonamides is 1. The number of carbonyl (C=O) groups excluding carboxylic acids is 1. The fourth-order valence-corrected chi connectivity index (χ4v) is 3.53. The lowest BCUT2D eigenvalue weighted by Gasteiger charge is -2.20. The second-order valence-electron chi connectivity index (χ2n) is 7.05. The molecule has 7 heteroatoms. The third-order valence-electron chi connectivity index (χ3n) is 4.09. The van der Waals surface area contributed by atoms with Crippen LogP contribution < -0.4 is 10.0 Å². The van der Waals surface area contributed by atoms with E-state index in [1.165, 1.54) is 0 Å². The van der Waals surface area contributed by atoms with E-state index in [-0.39, 0.29) is 16.7 Å². The van der Waals surface area contributed by atoms with Gasteiger partial charge in [-0.3, -0.25) is 9.52 Å². The Morgan fingerprint density at radius 2 is 1.70 bits per heavy atom. The largest absolute Gasteiger partial charge is 0.326 e. The lowest BCUT2D eigenvalue weighted by Crippen LogP contribution is -2.32. The number of halogens is 1. The van der Waals surface area contributed by atoms with Crippen LogP contribution in [0.4, 0.5) is 11.4 Å². The molecular formula is C20H25ClN2O3S. The summed E-state index contributed by atoms with van der Waals surface area (Å²) in [5, 5.41) is 2.76. The summed E-state index contributed by atoms with van der Waals surface area (Å²) >= 11 is 5.82. The van der Waals surface area contributed by atoms with Crippen LogP contribution in [0, 0.1) is 5.41 Å². The topological polar surface area (TPSA) is 75.3 Å². The van der Waals surface area contributed by atoms with E-state index in [1.807, 2.05) is 12.1 Å². The summed E-state index contributed by atoms with van der Waals surface area (Å²) in [5.74, 6) is -0.0526. The predicted molar refractivity (Wildman–Crippen MR) is 111 cm³/mol. The van der Waals surface area contributed by atoms with Crippen LogP contribution in [0.15, 0.2) is 53.4 Å². The molecule has 5 nitrogen and oxygen atoms in total. The smallest absolute Gasteiger partial charge is 0.261 e. The van der Waals surface area contributed by atoms with Gasteiger partial charge in [-0.1, -0.05) is 31.5 Å². The maximum Gasteiger partial charge on any atom is 0.261 e. The molecule has 0 saturated heterocycles.